The minimum Gasteiger partial charge on any atom is -0.492 e. The third-order valence-corrected chi connectivity index (χ3v) is 3.01. The van der Waals surface area contributed by atoms with Crippen molar-refractivity contribution in [3.05, 3.63) is 29.3 Å². The lowest BCUT2D eigenvalue weighted by Crippen LogP contribution is -2.51. The van der Waals surface area contributed by atoms with E-state index in [-0.39, 0.29) is 5.92 Å². The summed E-state index contributed by atoms with van der Waals surface area (Å²) >= 11 is 5.82. The number of carboxylic acids is 1. The van der Waals surface area contributed by atoms with E-state index >= 15 is 0 Å². The standard InChI is InChI=1S/C12H14ClNO3/c13-10-2-1-3-11(6-10)17-5-4-14-7-9(8-14)12(15)16/h1-3,6,9H,4-5,7-8H2,(H,15,16). The van der Waals surface area contributed by atoms with Crippen molar-refractivity contribution in [1.29, 1.82) is 0 Å². The minimum atomic E-state index is -0.711. The second-order valence-electron chi connectivity index (χ2n) is 4.10. The maximum Gasteiger partial charge on any atom is 0.309 e. The molecule has 1 aliphatic heterocycles. The van der Waals surface area contributed by atoms with E-state index in [2.05, 4.69) is 4.90 Å². The predicted molar refractivity (Wildman–Crippen MR) is 64.5 cm³/mol. The average Bonchev–Trinajstić information content (AvgIpc) is 2.20. The van der Waals surface area contributed by atoms with Gasteiger partial charge in [0.1, 0.15) is 12.4 Å². The number of hydrogen-bond acceptors (Lipinski definition) is 3. The molecule has 1 aromatic carbocycles. The molecule has 0 amide bonds. The monoisotopic (exact) mass is 255 g/mol. The molecule has 92 valence electrons. The Hall–Kier alpha value is -1.26. The number of carboxylic acid groups (broad SMARTS) is 1. The molecule has 2 rings (SSSR count). The largest absolute Gasteiger partial charge is 0.492 e. The molecule has 0 atom stereocenters. The SMILES string of the molecule is O=C(O)C1CN(CCOc2cccc(Cl)c2)C1. The van der Waals surface area contributed by atoms with E-state index in [4.69, 9.17) is 21.4 Å². The first-order valence-corrected chi connectivity index (χ1v) is 5.86. The van der Waals surface area contributed by atoms with Gasteiger partial charge >= 0.3 is 5.97 Å². The second-order valence-corrected chi connectivity index (χ2v) is 4.54. The van der Waals surface area contributed by atoms with Crippen LogP contribution in [0, 0.1) is 5.92 Å². The van der Waals surface area contributed by atoms with Crippen LogP contribution in [-0.2, 0) is 4.79 Å². The maximum atomic E-state index is 10.6. The van der Waals surface area contributed by atoms with E-state index in [0.717, 1.165) is 12.3 Å². The lowest BCUT2D eigenvalue weighted by molar-refractivity contribution is -0.147. The zero-order chi connectivity index (χ0) is 12.3. The molecule has 0 saturated carbocycles. The number of likely N-dealkylation sites (tertiary alicyclic amines) is 1. The third-order valence-electron chi connectivity index (χ3n) is 2.78. The zero-order valence-corrected chi connectivity index (χ0v) is 10.1. The first-order chi connectivity index (χ1) is 8.15. The lowest BCUT2D eigenvalue weighted by Gasteiger charge is -2.36. The molecule has 0 radical (unpaired) electrons. The summed E-state index contributed by atoms with van der Waals surface area (Å²) in [4.78, 5) is 12.6. The van der Waals surface area contributed by atoms with Crippen LogP contribution in [0.25, 0.3) is 0 Å². The number of ether oxygens (including phenoxy) is 1. The van der Waals surface area contributed by atoms with Crippen molar-refractivity contribution in [1.82, 2.24) is 4.90 Å². The Labute approximate surface area is 105 Å². The molecule has 1 N–H and O–H groups in total. The highest BCUT2D eigenvalue weighted by Gasteiger charge is 2.31. The smallest absolute Gasteiger partial charge is 0.309 e. The molecule has 1 saturated heterocycles. The van der Waals surface area contributed by atoms with Gasteiger partial charge in [0.05, 0.1) is 5.92 Å². The van der Waals surface area contributed by atoms with Crippen molar-refractivity contribution in [2.75, 3.05) is 26.2 Å². The normalized spacial score (nSPS) is 16.5. The van der Waals surface area contributed by atoms with Crippen molar-refractivity contribution in [2.45, 2.75) is 0 Å². The number of nitrogens with zero attached hydrogens (tertiary/aromatic N) is 1. The molecule has 0 aromatic heterocycles. The Morgan fingerprint density at radius 3 is 2.94 bits per heavy atom. The highest BCUT2D eigenvalue weighted by atomic mass is 35.5. The van der Waals surface area contributed by atoms with Gasteiger partial charge < -0.3 is 9.84 Å². The Kier molecular flexibility index (Phi) is 3.86. The number of aliphatic carboxylic acids is 1. The highest BCUT2D eigenvalue weighted by molar-refractivity contribution is 6.30. The summed E-state index contributed by atoms with van der Waals surface area (Å²) in [6.07, 6.45) is 0. The first-order valence-electron chi connectivity index (χ1n) is 5.48. The number of hydrogen-bond donors (Lipinski definition) is 1. The number of halogens is 1. The van der Waals surface area contributed by atoms with Crippen LogP contribution in [0.1, 0.15) is 0 Å². The molecule has 5 heteroatoms. The molecule has 1 fully saturated rings. The van der Waals surface area contributed by atoms with Crippen molar-refractivity contribution in [3.8, 4) is 5.75 Å². The second kappa shape index (κ2) is 5.38. The molecule has 0 spiro atoms. The van der Waals surface area contributed by atoms with Gasteiger partial charge in [-0.2, -0.15) is 0 Å². The molecule has 1 aliphatic rings. The van der Waals surface area contributed by atoms with E-state index in [1.807, 2.05) is 12.1 Å². The lowest BCUT2D eigenvalue weighted by atomic mass is 10.0. The summed E-state index contributed by atoms with van der Waals surface area (Å²) in [6, 6.07) is 7.24. The molecule has 17 heavy (non-hydrogen) atoms. The summed E-state index contributed by atoms with van der Waals surface area (Å²) in [7, 11) is 0. The summed E-state index contributed by atoms with van der Waals surface area (Å²) in [5.74, 6) is -0.175. The van der Waals surface area contributed by atoms with Crippen molar-refractivity contribution in [3.63, 3.8) is 0 Å². The van der Waals surface area contributed by atoms with Crippen LogP contribution < -0.4 is 4.74 Å². The molecule has 0 bridgehead atoms. The minimum absolute atomic E-state index is 0.207. The van der Waals surface area contributed by atoms with Crippen LogP contribution in [0.2, 0.25) is 5.02 Å². The number of rotatable bonds is 5. The quantitative estimate of drug-likeness (QED) is 0.871. The van der Waals surface area contributed by atoms with E-state index in [1.165, 1.54) is 0 Å². The molecule has 4 nitrogen and oxygen atoms in total. The Bertz CT molecular complexity index is 404. The molecule has 1 heterocycles. The maximum absolute atomic E-state index is 10.6. The van der Waals surface area contributed by atoms with Gasteiger partial charge in [-0.15, -0.1) is 0 Å². The van der Waals surface area contributed by atoms with E-state index in [1.54, 1.807) is 12.1 Å². The fourth-order valence-electron chi connectivity index (χ4n) is 1.76. The highest BCUT2D eigenvalue weighted by Crippen LogP contribution is 2.18. The van der Waals surface area contributed by atoms with E-state index < -0.39 is 5.97 Å². The molecular formula is C12H14ClNO3. The van der Waals surface area contributed by atoms with Gasteiger partial charge in [0.15, 0.2) is 0 Å². The van der Waals surface area contributed by atoms with Crippen LogP contribution in [0.15, 0.2) is 24.3 Å². The van der Waals surface area contributed by atoms with Gasteiger partial charge in [0.2, 0.25) is 0 Å². The average molecular weight is 256 g/mol. The topological polar surface area (TPSA) is 49.8 Å². The van der Waals surface area contributed by atoms with Crippen LogP contribution in [0.5, 0.6) is 5.75 Å². The van der Waals surface area contributed by atoms with Crippen molar-refractivity contribution < 1.29 is 14.6 Å². The van der Waals surface area contributed by atoms with Crippen LogP contribution >= 0.6 is 11.6 Å². The van der Waals surface area contributed by atoms with Crippen molar-refractivity contribution >= 4 is 17.6 Å². The van der Waals surface area contributed by atoms with Gasteiger partial charge in [-0.05, 0) is 18.2 Å². The zero-order valence-electron chi connectivity index (χ0n) is 9.30. The van der Waals surface area contributed by atoms with E-state index in [9.17, 15) is 4.79 Å². The molecule has 1 aromatic rings. The molecule has 0 aliphatic carbocycles. The molecular weight excluding hydrogens is 242 g/mol. The summed E-state index contributed by atoms with van der Waals surface area (Å²) in [6.45, 7) is 2.53. The van der Waals surface area contributed by atoms with E-state index in [0.29, 0.717) is 24.7 Å². The summed E-state index contributed by atoms with van der Waals surface area (Å²) < 4.78 is 5.52. The van der Waals surface area contributed by atoms with Crippen molar-refractivity contribution in [2.24, 2.45) is 5.92 Å². The van der Waals surface area contributed by atoms with Gasteiger partial charge in [0.25, 0.3) is 0 Å². The Balaban J connectivity index is 1.66. The number of benzene rings is 1. The van der Waals surface area contributed by atoms with Crippen LogP contribution in [0.4, 0.5) is 0 Å². The van der Waals surface area contributed by atoms with Gasteiger partial charge in [0, 0.05) is 24.7 Å². The van der Waals surface area contributed by atoms with Gasteiger partial charge in [-0.1, -0.05) is 17.7 Å². The van der Waals surface area contributed by atoms with Gasteiger partial charge in [-0.25, -0.2) is 0 Å². The Morgan fingerprint density at radius 2 is 2.29 bits per heavy atom. The number of carbonyl (C=O) groups is 1. The summed E-state index contributed by atoms with van der Waals surface area (Å²) in [5, 5.41) is 9.36. The predicted octanol–water partition coefficient (Wildman–Crippen LogP) is 1.74. The third kappa shape index (κ3) is 3.35. The first kappa shape index (κ1) is 12.2. The summed E-state index contributed by atoms with van der Waals surface area (Å²) in [5.41, 5.74) is 0. The fraction of sp³-hybridized carbons (Fsp3) is 0.417. The Morgan fingerprint density at radius 1 is 1.53 bits per heavy atom. The van der Waals surface area contributed by atoms with Gasteiger partial charge in [-0.3, -0.25) is 9.69 Å². The molecule has 0 unspecified atom stereocenters. The van der Waals surface area contributed by atoms with Crippen LogP contribution in [0.3, 0.4) is 0 Å². The fourth-order valence-corrected chi connectivity index (χ4v) is 1.94. The van der Waals surface area contributed by atoms with Crippen LogP contribution in [-0.4, -0.2) is 42.2 Å².